The molecule has 296 valence electrons. The maximum Gasteiger partial charge on any atom is 0.490 e. The smallest absolute Gasteiger partial charge is 0.490 e. The number of hydrogen-bond donors (Lipinski definition) is 4. The van der Waals surface area contributed by atoms with Crippen LogP contribution in [0.1, 0.15) is 65.9 Å². The summed E-state index contributed by atoms with van der Waals surface area (Å²) >= 11 is 0. The van der Waals surface area contributed by atoms with E-state index >= 15 is 0 Å². The van der Waals surface area contributed by atoms with Crippen LogP contribution in [-0.2, 0) is 37.0 Å². The number of amides is 1. The third-order valence-electron chi connectivity index (χ3n) is 10.0. The molecule has 4 aromatic rings. The van der Waals surface area contributed by atoms with Gasteiger partial charge in [-0.1, -0.05) is 32.0 Å². The zero-order valence-electron chi connectivity index (χ0n) is 31.8. The summed E-state index contributed by atoms with van der Waals surface area (Å²) in [6.07, 6.45) is 2.91. The maximum absolute atomic E-state index is 13.9. The number of carbonyl (C=O) groups is 2. The Balaban J connectivity index is 0.000000757. The predicted octanol–water partition coefficient (Wildman–Crippen LogP) is 6.11. The van der Waals surface area contributed by atoms with E-state index in [0.29, 0.717) is 29.9 Å². The lowest BCUT2D eigenvalue weighted by atomic mass is 10.0. The Labute approximate surface area is 318 Å². The second kappa shape index (κ2) is 17.9. The van der Waals surface area contributed by atoms with Crippen molar-refractivity contribution in [2.24, 2.45) is 0 Å². The largest absolute Gasteiger partial charge is 0.494 e. The minimum absolute atomic E-state index is 0.115. The molecule has 16 heteroatoms. The summed E-state index contributed by atoms with van der Waals surface area (Å²) < 4.78 is 39.3. The Morgan fingerprint density at radius 1 is 1.05 bits per heavy atom. The minimum atomic E-state index is -5.08. The Morgan fingerprint density at radius 2 is 1.73 bits per heavy atom. The number of hydrogen-bond acceptors (Lipinski definition) is 10. The van der Waals surface area contributed by atoms with Crippen molar-refractivity contribution < 1.29 is 37.7 Å². The number of anilines is 4. The molecule has 0 spiro atoms. The first-order chi connectivity index (χ1) is 26.3. The summed E-state index contributed by atoms with van der Waals surface area (Å²) in [4.78, 5) is 37.2. The number of para-hydroxylation sites is 1. The van der Waals surface area contributed by atoms with Gasteiger partial charge in [-0.2, -0.15) is 18.3 Å². The Morgan fingerprint density at radius 3 is 2.31 bits per heavy atom. The summed E-state index contributed by atoms with van der Waals surface area (Å²) in [5.41, 5.74) is 8.63. The lowest BCUT2D eigenvalue weighted by Crippen LogP contribution is -2.41. The number of aliphatic carboxylic acids is 1. The number of fused-ring (bicyclic) bond motifs is 3. The van der Waals surface area contributed by atoms with E-state index in [4.69, 9.17) is 24.7 Å². The minimum Gasteiger partial charge on any atom is -0.494 e. The molecule has 1 amide bonds. The predicted molar refractivity (Wildman–Crippen MR) is 204 cm³/mol. The molecule has 0 saturated carbocycles. The maximum atomic E-state index is 13.9. The number of aromatic nitrogens is 4. The van der Waals surface area contributed by atoms with Crippen LogP contribution >= 0.6 is 0 Å². The quantitative estimate of drug-likeness (QED) is 0.140. The molecule has 2 aromatic heterocycles. The first-order valence-electron chi connectivity index (χ1n) is 18.4. The number of piperidine rings is 1. The van der Waals surface area contributed by atoms with Gasteiger partial charge in [-0.3, -0.25) is 9.48 Å². The van der Waals surface area contributed by atoms with E-state index in [-0.39, 0.29) is 19.1 Å². The molecule has 1 aliphatic heterocycles. The van der Waals surface area contributed by atoms with E-state index in [2.05, 4.69) is 77.6 Å². The van der Waals surface area contributed by atoms with Gasteiger partial charge >= 0.3 is 12.1 Å². The third-order valence-corrected chi connectivity index (χ3v) is 10.0. The van der Waals surface area contributed by atoms with Crippen LogP contribution in [0.25, 0.3) is 11.4 Å². The number of nitrogens with one attached hydrogen (secondary N) is 2. The van der Waals surface area contributed by atoms with Crippen LogP contribution in [0, 0.1) is 0 Å². The topological polar surface area (TPSA) is 158 Å². The normalized spacial score (nSPS) is 14.3. The molecule has 6 rings (SSSR count). The molecule has 55 heavy (non-hydrogen) atoms. The van der Waals surface area contributed by atoms with Crippen LogP contribution in [-0.4, -0.2) is 99.9 Å². The molecule has 0 radical (unpaired) electrons. The zero-order chi connectivity index (χ0) is 39.9. The van der Waals surface area contributed by atoms with E-state index in [1.165, 1.54) is 0 Å². The Bertz CT molecular complexity index is 1950. The second-order valence-corrected chi connectivity index (χ2v) is 13.7. The zero-order valence-corrected chi connectivity index (χ0v) is 31.8. The van der Waals surface area contributed by atoms with Gasteiger partial charge in [-0.05, 0) is 87.9 Å². The molecule has 13 nitrogen and oxygen atoms in total. The highest BCUT2D eigenvalue weighted by molar-refractivity contribution is 6.05. The number of carboxylic acids is 1. The van der Waals surface area contributed by atoms with Gasteiger partial charge in [0.15, 0.2) is 5.69 Å². The first-order valence-corrected chi connectivity index (χ1v) is 18.4. The number of aryl methyl sites for hydroxylation is 3. The molecule has 2 aromatic carbocycles. The lowest BCUT2D eigenvalue weighted by molar-refractivity contribution is -0.192. The fourth-order valence-electron chi connectivity index (χ4n) is 7.07. The molecule has 1 fully saturated rings. The number of aliphatic hydroxyl groups is 1. The van der Waals surface area contributed by atoms with Crippen molar-refractivity contribution in [3.63, 3.8) is 0 Å². The second-order valence-electron chi connectivity index (χ2n) is 13.7. The highest BCUT2D eigenvalue weighted by Gasteiger charge is 2.38. The highest BCUT2D eigenvalue weighted by Crippen LogP contribution is 2.37. The fraction of sp³-hybridized carbons (Fsp3) is 0.462. The third kappa shape index (κ3) is 9.54. The summed E-state index contributed by atoms with van der Waals surface area (Å²) in [6, 6.07) is 13.0. The number of methoxy groups -OCH3 is 1. The van der Waals surface area contributed by atoms with Crippen molar-refractivity contribution in [1.29, 1.82) is 0 Å². The van der Waals surface area contributed by atoms with Gasteiger partial charge in [0.2, 0.25) is 5.95 Å². The molecular formula is C39H49F3N8O5. The van der Waals surface area contributed by atoms with Gasteiger partial charge < -0.3 is 35.4 Å². The van der Waals surface area contributed by atoms with Gasteiger partial charge in [0.05, 0.1) is 37.3 Å². The van der Waals surface area contributed by atoms with Crippen LogP contribution in [0.5, 0.6) is 5.75 Å². The molecular weight excluding hydrogens is 717 g/mol. The molecule has 0 atom stereocenters. The van der Waals surface area contributed by atoms with Crippen LogP contribution in [0.4, 0.5) is 36.2 Å². The first kappa shape index (κ1) is 41.0. The molecule has 0 bridgehead atoms. The highest BCUT2D eigenvalue weighted by atomic mass is 19.4. The molecule has 0 unspecified atom stereocenters. The number of ether oxygens (including phenoxy) is 1. The van der Waals surface area contributed by atoms with Gasteiger partial charge in [0.25, 0.3) is 5.91 Å². The van der Waals surface area contributed by atoms with Gasteiger partial charge in [-0.15, -0.1) is 0 Å². The van der Waals surface area contributed by atoms with Crippen molar-refractivity contribution in [1.82, 2.24) is 24.6 Å². The average molecular weight is 767 g/mol. The molecule has 1 aliphatic carbocycles. The van der Waals surface area contributed by atoms with Crippen molar-refractivity contribution >= 4 is 34.9 Å². The summed E-state index contributed by atoms with van der Waals surface area (Å²) in [6.45, 7) is 6.31. The van der Waals surface area contributed by atoms with Crippen LogP contribution in [0.2, 0.25) is 0 Å². The molecule has 3 heterocycles. The standard InChI is InChI=1S/C37H48N8O3.C2HF3O2/c1-6-24-10-8-11-25(7-2)32(24)40-36(47)34-29-13-9-12-26-23-38-37(41-33(26)35(29)45(42-34)20-21-46)39-30-15-14-28(22-31(30)48-5)44-18-16-27(17-19-44)43(3)4;3-2(4,5)1(6)7/h8,10-11,14-15,22-23,27,46H,6-7,9,12-13,16-21H2,1-5H3,(H,40,47)(H,38,39,41);(H,6,7). The Kier molecular flexibility index (Phi) is 13.4. The van der Waals surface area contributed by atoms with Gasteiger partial charge in [0, 0.05) is 48.3 Å². The summed E-state index contributed by atoms with van der Waals surface area (Å²) in [5.74, 6) is -1.87. The number of halogens is 3. The fourth-order valence-corrected chi connectivity index (χ4v) is 7.07. The number of alkyl halides is 3. The molecule has 1 saturated heterocycles. The van der Waals surface area contributed by atoms with Gasteiger partial charge in [-0.25, -0.2) is 14.8 Å². The van der Waals surface area contributed by atoms with Crippen molar-refractivity contribution in [3.05, 3.63) is 70.5 Å². The van der Waals surface area contributed by atoms with Crippen molar-refractivity contribution in [2.75, 3.05) is 56.4 Å². The SMILES string of the molecule is CCc1cccc(CC)c1NC(=O)c1nn(CCO)c2c1CCCc1cnc(Nc3ccc(N4CCC(N(C)C)CC4)cc3OC)nc1-2.O=C(O)C(F)(F)F. The Hall–Kier alpha value is -5.22. The monoisotopic (exact) mass is 766 g/mol. The molecule has 4 N–H and O–H groups in total. The van der Waals surface area contributed by atoms with Crippen molar-refractivity contribution in [2.45, 2.75) is 77.6 Å². The van der Waals surface area contributed by atoms with Gasteiger partial charge in [0.1, 0.15) is 5.75 Å². The van der Waals surface area contributed by atoms with E-state index in [9.17, 15) is 23.1 Å². The van der Waals surface area contributed by atoms with Crippen LogP contribution in [0.15, 0.2) is 42.6 Å². The number of aliphatic hydroxyl groups excluding tert-OH is 1. The van der Waals surface area contributed by atoms with E-state index in [1.807, 2.05) is 18.3 Å². The molecule has 2 aliphatic rings. The number of nitrogens with zero attached hydrogens (tertiary/aromatic N) is 6. The van der Waals surface area contributed by atoms with Crippen LogP contribution < -0.4 is 20.3 Å². The summed E-state index contributed by atoms with van der Waals surface area (Å²) in [5, 5.41) is 28.5. The van der Waals surface area contributed by atoms with Crippen LogP contribution in [0.3, 0.4) is 0 Å². The van der Waals surface area contributed by atoms with E-state index < -0.39 is 12.1 Å². The van der Waals surface area contributed by atoms with E-state index in [1.54, 1.807) is 11.8 Å². The van der Waals surface area contributed by atoms with E-state index in [0.717, 1.165) is 102 Å². The number of rotatable bonds is 11. The number of carbonyl (C=O) groups excluding carboxylic acids is 1. The average Bonchev–Trinajstić information content (AvgIpc) is 3.42. The van der Waals surface area contributed by atoms with Crippen molar-refractivity contribution in [3.8, 4) is 17.1 Å². The summed E-state index contributed by atoms with van der Waals surface area (Å²) in [7, 11) is 5.98. The lowest BCUT2D eigenvalue weighted by Gasteiger charge is -2.36. The number of carboxylic acid groups (broad SMARTS) is 1. The number of benzene rings is 2.